The highest BCUT2D eigenvalue weighted by Gasteiger charge is 2.44. The lowest BCUT2D eigenvalue weighted by molar-refractivity contribution is -0.144. The molecule has 5 N–H and O–H groups in total. The summed E-state index contributed by atoms with van der Waals surface area (Å²) in [5.41, 5.74) is 11.8. The number of nitrogens with one attached hydrogen (secondary N) is 4. The average molecular weight is 859 g/mol. The van der Waals surface area contributed by atoms with E-state index in [1.165, 1.54) is 4.90 Å². The summed E-state index contributed by atoms with van der Waals surface area (Å²) in [6, 6.07) is 13.9. The number of unbranched alkanes of at least 4 members (excludes halogenated alkanes) is 4. The summed E-state index contributed by atoms with van der Waals surface area (Å²) in [5, 5.41) is 16.7. The zero-order valence-corrected chi connectivity index (χ0v) is 38.3. The highest BCUT2D eigenvalue weighted by Crippen LogP contribution is 2.30. The number of β-amino-alcohol motifs (C(OH)–C–C–N with tert-alkyl or cyclic N) is 1. The van der Waals surface area contributed by atoms with Gasteiger partial charge in [-0.1, -0.05) is 78.1 Å². The van der Waals surface area contributed by atoms with Crippen molar-refractivity contribution < 1.29 is 24.3 Å². The Bertz CT molecular complexity index is 1870. The number of nitrogens with zero attached hydrogens (tertiary/aromatic N) is 4. The molecule has 3 aromatic rings. The first kappa shape index (κ1) is 47.7. The van der Waals surface area contributed by atoms with Crippen molar-refractivity contribution in [3.8, 4) is 10.4 Å². The van der Waals surface area contributed by atoms with Crippen molar-refractivity contribution >= 4 is 40.7 Å². The van der Waals surface area contributed by atoms with Crippen LogP contribution in [0.3, 0.4) is 0 Å². The number of rotatable bonds is 20. The maximum atomic E-state index is 14.1. The zero-order valence-electron chi connectivity index (χ0n) is 37.5. The summed E-state index contributed by atoms with van der Waals surface area (Å²) in [6.07, 6.45) is 5.56. The number of hydrogen-bond donors (Lipinski definition) is 5. The predicted molar refractivity (Wildman–Crippen MR) is 244 cm³/mol. The smallest absolute Gasteiger partial charge is 0.265 e. The maximum absolute atomic E-state index is 14.1. The molecular weight excluding hydrogens is 789 g/mol. The van der Waals surface area contributed by atoms with Gasteiger partial charge in [-0.2, -0.15) is 0 Å². The third kappa shape index (κ3) is 14.1. The number of hydrogen-bond acceptors (Lipinski definition) is 10. The van der Waals surface area contributed by atoms with E-state index in [-0.39, 0.29) is 42.6 Å². The van der Waals surface area contributed by atoms with Gasteiger partial charge in [-0.15, -0.1) is 11.3 Å². The number of piperazine rings is 1. The first-order valence-corrected chi connectivity index (χ1v) is 23.2. The van der Waals surface area contributed by atoms with Gasteiger partial charge >= 0.3 is 0 Å². The summed E-state index contributed by atoms with van der Waals surface area (Å²) >= 11 is 1.59. The Balaban J connectivity index is 0.984. The number of aryl methyl sites for hydroxylation is 1. The zero-order chi connectivity index (χ0) is 44.1. The second-order valence-electron chi connectivity index (χ2n) is 18.3. The van der Waals surface area contributed by atoms with Gasteiger partial charge in [-0.3, -0.25) is 29.5 Å². The van der Waals surface area contributed by atoms with Crippen molar-refractivity contribution in [1.82, 2.24) is 36.3 Å². The minimum atomic E-state index is -0.839. The molecule has 3 heterocycles. The summed E-state index contributed by atoms with van der Waals surface area (Å²) in [7, 11) is 0. The van der Waals surface area contributed by atoms with Crippen LogP contribution in [0.15, 0.2) is 54.0 Å². The van der Waals surface area contributed by atoms with Gasteiger partial charge in [-0.25, -0.2) is 10.4 Å². The number of aliphatic hydroxyl groups is 1. The van der Waals surface area contributed by atoms with Gasteiger partial charge in [0.1, 0.15) is 12.1 Å². The summed E-state index contributed by atoms with van der Waals surface area (Å²) in [4.78, 5) is 65.1. The van der Waals surface area contributed by atoms with Crippen LogP contribution in [0.5, 0.6) is 0 Å². The van der Waals surface area contributed by atoms with E-state index < -0.39 is 23.6 Å². The molecule has 0 saturated carbocycles. The lowest BCUT2D eigenvalue weighted by Gasteiger charge is -2.36. The molecule has 5 rings (SSSR count). The number of likely N-dealkylation sites (tertiary alicyclic amines) is 1. The molecule has 2 aliphatic rings. The Labute approximate surface area is 367 Å². The minimum absolute atomic E-state index is 0.0403. The third-order valence-electron chi connectivity index (χ3n) is 11.9. The Morgan fingerprint density at radius 2 is 1.56 bits per heavy atom. The van der Waals surface area contributed by atoms with E-state index in [0.717, 1.165) is 105 Å². The second-order valence-corrected chi connectivity index (χ2v) is 19.2. The largest absolute Gasteiger partial charge is 0.391 e. The van der Waals surface area contributed by atoms with E-state index in [4.69, 9.17) is 0 Å². The molecule has 2 aromatic carbocycles. The van der Waals surface area contributed by atoms with E-state index in [0.29, 0.717) is 17.9 Å². The molecule has 0 bridgehead atoms. The van der Waals surface area contributed by atoms with Crippen LogP contribution < -0.4 is 26.4 Å². The second kappa shape index (κ2) is 22.6. The molecule has 0 radical (unpaired) electrons. The van der Waals surface area contributed by atoms with E-state index in [9.17, 15) is 24.3 Å². The minimum Gasteiger partial charge on any atom is -0.391 e. The Kier molecular flexibility index (Phi) is 17.7. The number of anilines is 1. The Morgan fingerprint density at radius 1 is 0.885 bits per heavy atom. The highest BCUT2D eigenvalue weighted by molar-refractivity contribution is 7.13. The molecule has 4 atom stereocenters. The van der Waals surface area contributed by atoms with Crippen LogP contribution in [0.1, 0.15) is 121 Å². The Hall–Kier alpha value is -4.37. The lowest BCUT2D eigenvalue weighted by Crippen LogP contribution is -2.57. The van der Waals surface area contributed by atoms with Gasteiger partial charge in [-0.05, 0) is 86.4 Å². The van der Waals surface area contributed by atoms with Gasteiger partial charge in [0, 0.05) is 63.4 Å². The molecule has 4 amide bonds. The topological polar surface area (TPSA) is 159 Å². The molecule has 14 heteroatoms. The number of amides is 4. The fourth-order valence-electron chi connectivity index (χ4n) is 8.03. The molecule has 13 nitrogen and oxygen atoms in total. The van der Waals surface area contributed by atoms with Crippen LogP contribution >= 0.6 is 11.3 Å². The van der Waals surface area contributed by atoms with Crippen LogP contribution in [-0.2, 0) is 14.4 Å². The third-order valence-corrected chi connectivity index (χ3v) is 12.8. The molecule has 1 aromatic heterocycles. The fraction of sp³-hybridized carbons (Fsp3) is 0.596. The molecule has 0 unspecified atom stereocenters. The molecule has 334 valence electrons. The predicted octanol–water partition coefficient (Wildman–Crippen LogP) is 6.23. The van der Waals surface area contributed by atoms with Gasteiger partial charge in [0.25, 0.3) is 5.91 Å². The molecule has 0 spiro atoms. The molecular formula is C47H70N8O5S. The fourth-order valence-corrected chi connectivity index (χ4v) is 8.84. The normalized spacial score (nSPS) is 18.2. The molecule has 2 saturated heterocycles. The molecule has 61 heavy (non-hydrogen) atoms. The first-order chi connectivity index (χ1) is 29.1. The number of carbonyl (C=O) groups is 4. The van der Waals surface area contributed by atoms with Crippen molar-refractivity contribution in [1.29, 1.82) is 0 Å². The average Bonchev–Trinajstić information content (AvgIpc) is 3.85. The summed E-state index contributed by atoms with van der Waals surface area (Å²) in [5.74, 6) is -0.382. The van der Waals surface area contributed by atoms with Gasteiger partial charge < -0.3 is 25.5 Å². The Morgan fingerprint density at radius 3 is 2.20 bits per heavy atom. The van der Waals surface area contributed by atoms with Crippen LogP contribution in [0.2, 0.25) is 0 Å². The van der Waals surface area contributed by atoms with Crippen LogP contribution in [0.25, 0.3) is 10.4 Å². The van der Waals surface area contributed by atoms with Gasteiger partial charge in [0.05, 0.1) is 28.2 Å². The molecule has 2 fully saturated rings. The summed E-state index contributed by atoms with van der Waals surface area (Å²) < 4.78 is 0. The first-order valence-electron chi connectivity index (χ1n) is 22.3. The standard InChI is InChI=1S/C47H70N8O5S/c1-32(2)22-23-49-52-44(58)37-18-20-38(21-19-37)54-27-25-53(26-28-54)24-12-10-8-9-11-13-41(57)51-43(47(5,6)7)46(60)55-30-39(56)29-40(55)45(59)50-33(3)35-14-16-36(17-15-35)42-34(4)48-31-61-42/h14-21,31-33,39-40,43,49,56H,8-13,22-30H2,1-7H3,(H,50,59)(H,51,57)(H,52,58)/t33-,39+,40-,43+/m0/s1. The number of aromatic nitrogens is 1. The number of carbonyl (C=O) groups excluding carboxylic acids is 4. The lowest BCUT2D eigenvalue weighted by atomic mass is 9.85. The number of benzene rings is 2. The van der Waals surface area contributed by atoms with Crippen LogP contribution in [-0.4, -0.2) is 108 Å². The van der Waals surface area contributed by atoms with Crippen LogP contribution in [0, 0.1) is 18.3 Å². The SMILES string of the molecule is Cc1ncsc1-c1ccc([C@H](C)NC(=O)[C@@H]2C[C@@H](O)CN2C(=O)[C@@H](NC(=O)CCCCCCCN2CCN(c3ccc(C(=O)NNCCC(C)C)cc3)CC2)C(C)(C)C)cc1. The quantitative estimate of drug-likeness (QED) is 0.0656. The maximum Gasteiger partial charge on any atom is 0.265 e. The van der Waals surface area contributed by atoms with E-state index in [1.807, 2.05) is 88.7 Å². The highest BCUT2D eigenvalue weighted by atomic mass is 32.1. The van der Waals surface area contributed by atoms with Crippen molar-refractivity contribution in [2.24, 2.45) is 11.3 Å². The molecule has 0 aliphatic carbocycles. The van der Waals surface area contributed by atoms with E-state index in [1.54, 1.807) is 11.3 Å². The molecule has 2 aliphatic heterocycles. The van der Waals surface area contributed by atoms with Crippen molar-refractivity contribution in [2.45, 2.75) is 124 Å². The number of thiazole rings is 1. The van der Waals surface area contributed by atoms with Gasteiger partial charge in [0.2, 0.25) is 17.7 Å². The van der Waals surface area contributed by atoms with E-state index >= 15 is 0 Å². The monoisotopic (exact) mass is 859 g/mol. The van der Waals surface area contributed by atoms with E-state index in [2.05, 4.69) is 50.1 Å². The van der Waals surface area contributed by atoms with Crippen molar-refractivity contribution in [2.75, 3.05) is 50.7 Å². The number of hydrazine groups is 1. The van der Waals surface area contributed by atoms with Gasteiger partial charge in [0.15, 0.2) is 0 Å². The van der Waals surface area contributed by atoms with Crippen LogP contribution in [0.4, 0.5) is 5.69 Å². The van der Waals surface area contributed by atoms with Crippen molar-refractivity contribution in [3.05, 3.63) is 70.9 Å². The van der Waals surface area contributed by atoms with Crippen molar-refractivity contribution in [3.63, 3.8) is 0 Å². The summed E-state index contributed by atoms with van der Waals surface area (Å²) in [6.45, 7) is 19.7. The number of aliphatic hydroxyl groups excluding tert-OH is 1.